The molecule has 1 N–H and O–H groups in total. The lowest BCUT2D eigenvalue weighted by Crippen LogP contribution is -2.39. The van der Waals surface area contributed by atoms with Gasteiger partial charge in [-0.15, -0.1) is 0 Å². The van der Waals surface area contributed by atoms with Crippen LogP contribution >= 0.6 is 0 Å². The van der Waals surface area contributed by atoms with Crippen molar-refractivity contribution in [3.05, 3.63) is 63.3 Å². The van der Waals surface area contributed by atoms with Gasteiger partial charge in [-0.3, -0.25) is 19.4 Å². The molecule has 0 bridgehead atoms. The van der Waals surface area contributed by atoms with E-state index in [4.69, 9.17) is 0 Å². The lowest BCUT2D eigenvalue weighted by Gasteiger charge is -2.22. The van der Waals surface area contributed by atoms with E-state index < -0.39 is 0 Å². The summed E-state index contributed by atoms with van der Waals surface area (Å²) in [6.07, 6.45) is 2.27. The van der Waals surface area contributed by atoms with E-state index >= 15 is 0 Å². The zero-order valence-electron chi connectivity index (χ0n) is 15.0. The Morgan fingerprint density at radius 1 is 1.00 bits per heavy atom. The number of hydrogen-bond donors (Lipinski definition) is 1. The zero-order chi connectivity index (χ0) is 18.7. The Bertz CT molecular complexity index is 890. The van der Waals surface area contributed by atoms with Crippen LogP contribution in [0.5, 0.6) is 0 Å². The van der Waals surface area contributed by atoms with Crippen molar-refractivity contribution in [1.82, 2.24) is 19.8 Å². The van der Waals surface area contributed by atoms with Crippen molar-refractivity contribution in [2.45, 2.75) is 20.3 Å². The van der Waals surface area contributed by atoms with Crippen LogP contribution in [0.2, 0.25) is 0 Å². The first-order valence-corrected chi connectivity index (χ1v) is 8.67. The van der Waals surface area contributed by atoms with Crippen molar-refractivity contribution in [1.29, 1.82) is 0 Å². The van der Waals surface area contributed by atoms with Crippen LogP contribution in [0.3, 0.4) is 0 Å². The maximum atomic E-state index is 12.7. The summed E-state index contributed by atoms with van der Waals surface area (Å²) in [5, 5.41) is 0. The number of aromatic nitrogens is 2. The number of carbonyl (C=O) groups excluding carboxylic acids is 2. The number of aryl methyl sites for hydroxylation is 2. The first-order chi connectivity index (χ1) is 12.5. The zero-order valence-corrected chi connectivity index (χ0v) is 15.0. The average molecular weight is 354 g/mol. The van der Waals surface area contributed by atoms with Crippen LogP contribution in [0, 0.1) is 13.8 Å². The molecule has 2 amide bonds. The van der Waals surface area contributed by atoms with Gasteiger partial charge in [0, 0.05) is 38.1 Å². The van der Waals surface area contributed by atoms with E-state index in [-0.39, 0.29) is 22.9 Å². The topological polar surface area (TPSA) is 86.4 Å². The van der Waals surface area contributed by atoms with Crippen LogP contribution in [0.15, 0.2) is 35.3 Å². The Kier molecular flexibility index (Phi) is 5.16. The molecule has 0 aliphatic carbocycles. The van der Waals surface area contributed by atoms with Gasteiger partial charge in [-0.2, -0.15) is 0 Å². The van der Waals surface area contributed by atoms with Gasteiger partial charge in [-0.1, -0.05) is 6.07 Å². The predicted octanol–water partition coefficient (Wildman–Crippen LogP) is 1.38. The van der Waals surface area contributed by atoms with Crippen LogP contribution < -0.4 is 5.56 Å². The summed E-state index contributed by atoms with van der Waals surface area (Å²) < 4.78 is 0. The highest BCUT2D eigenvalue weighted by atomic mass is 16.2. The van der Waals surface area contributed by atoms with Crippen molar-refractivity contribution in [2.75, 3.05) is 26.2 Å². The Hall–Kier alpha value is -2.96. The van der Waals surface area contributed by atoms with Crippen LogP contribution in [0.4, 0.5) is 0 Å². The average Bonchev–Trinajstić information content (AvgIpc) is 2.87. The number of aromatic amines is 1. The minimum atomic E-state index is -0.378. The predicted molar refractivity (Wildman–Crippen MR) is 97.2 cm³/mol. The minimum Gasteiger partial charge on any atom is -0.337 e. The van der Waals surface area contributed by atoms with Gasteiger partial charge in [0.25, 0.3) is 17.4 Å². The first-order valence-electron chi connectivity index (χ1n) is 8.67. The maximum Gasteiger partial charge on any atom is 0.272 e. The summed E-state index contributed by atoms with van der Waals surface area (Å²) in [4.78, 5) is 47.6. The first kappa shape index (κ1) is 17.8. The Labute approximate surface area is 151 Å². The lowest BCUT2D eigenvalue weighted by molar-refractivity contribution is 0.0714. The van der Waals surface area contributed by atoms with Gasteiger partial charge in [-0.25, -0.2) is 0 Å². The molecular formula is C19H22N4O3. The molecule has 0 saturated carbocycles. The van der Waals surface area contributed by atoms with Crippen molar-refractivity contribution < 1.29 is 9.59 Å². The molecule has 7 heteroatoms. The SMILES string of the molecule is Cc1ccc(C(=O)N2CCCN(C(=O)c3ncccc3C)CC2)c(=O)[nH]1. The molecule has 136 valence electrons. The van der Waals surface area contributed by atoms with Crippen LogP contribution in [0.1, 0.15) is 38.5 Å². The molecule has 3 rings (SSSR count). The Morgan fingerprint density at radius 2 is 1.69 bits per heavy atom. The number of H-pyrrole nitrogens is 1. The van der Waals surface area contributed by atoms with E-state index in [0.29, 0.717) is 44.0 Å². The summed E-state index contributed by atoms with van der Waals surface area (Å²) in [6, 6.07) is 6.93. The number of hydrogen-bond acceptors (Lipinski definition) is 4. The van der Waals surface area contributed by atoms with Crippen molar-refractivity contribution >= 4 is 11.8 Å². The van der Waals surface area contributed by atoms with E-state index in [0.717, 1.165) is 5.56 Å². The monoisotopic (exact) mass is 354 g/mol. The van der Waals surface area contributed by atoms with Gasteiger partial charge in [-0.05, 0) is 44.0 Å². The summed E-state index contributed by atoms with van der Waals surface area (Å²) in [5.41, 5.74) is 1.75. The molecule has 0 atom stereocenters. The number of nitrogens with one attached hydrogen (secondary N) is 1. The molecular weight excluding hydrogens is 332 g/mol. The van der Waals surface area contributed by atoms with Gasteiger partial charge >= 0.3 is 0 Å². The minimum absolute atomic E-state index is 0.120. The van der Waals surface area contributed by atoms with E-state index in [2.05, 4.69) is 9.97 Å². The molecule has 0 radical (unpaired) electrons. The van der Waals surface area contributed by atoms with E-state index in [1.807, 2.05) is 13.0 Å². The molecule has 2 aromatic heterocycles. The second kappa shape index (κ2) is 7.51. The standard InChI is InChI=1S/C19H22N4O3/c1-13-5-3-8-20-16(13)19(26)23-10-4-9-22(11-12-23)18(25)15-7-6-14(2)21-17(15)24/h3,5-8H,4,9-12H2,1-2H3,(H,21,24). The van der Waals surface area contributed by atoms with Gasteiger partial charge in [0.2, 0.25) is 0 Å². The number of amides is 2. The fourth-order valence-corrected chi connectivity index (χ4v) is 3.09. The third kappa shape index (κ3) is 3.66. The summed E-state index contributed by atoms with van der Waals surface area (Å²) in [5.74, 6) is -0.417. The third-order valence-electron chi connectivity index (χ3n) is 4.57. The van der Waals surface area contributed by atoms with Crippen LogP contribution in [-0.2, 0) is 0 Å². The van der Waals surface area contributed by atoms with Crippen LogP contribution in [0.25, 0.3) is 0 Å². The second-order valence-corrected chi connectivity index (χ2v) is 6.49. The summed E-state index contributed by atoms with van der Waals surface area (Å²) in [6.45, 7) is 5.51. The van der Waals surface area contributed by atoms with E-state index in [1.54, 1.807) is 41.1 Å². The van der Waals surface area contributed by atoms with Gasteiger partial charge in [0.15, 0.2) is 0 Å². The summed E-state index contributed by atoms with van der Waals surface area (Å²) in [7, 11) is 0. The lowest BCUT2D eigenvalue weighted by atomic mass is 10.2. The highest BCUT2D eigenvalue weighted by Gasteiger charge is 2.25. The number of carbonyl (C=O) groups is 2. The fourth-order valence-electron chi connectivity index (χ4n) is 3.09. The molecule has 0 unspecified atom stereocenters. The molecule has 7 nitrogen and oxygen atoms in total. The summed E-state index contributed by atoms with van der Waals surface area (Å²) >= 11 is 0. The molecule has 1 aliphatic heterocycles. The molecule has 3 heterocycles. The second-order valence-electron chi connectivity index (χ2n) is 6.49. The number of nitrogens with zero attached hydrogens (tertiary/aromatic N) is 3. The van der Waals surface area contributed by atoms with Crippen molar-refractivity contribution in [2.24, 2.45) is 0 Å². The Balaban J connectivity index is 1.72. The van der Waals surface area contributed by atoms with E-state index in [1.165, 1.54) is 0 Å². The van der Waals surface area contributed by atoms with Gasteiger partial charge in [0.1, 0.15) is 11.3 Å². The smallest absolute Gasteiger partial charge is 0.272 e. The fraction of sp³-hybridized carbons (Fsp3) is 0.368. The van der Waals surface area contributed by atoms with Gasteiger partial charge < -0.3 is 14.8 Å². The molecule has 26 heavy (non-hydrogen) atoms. The molecule has 1 saturated heterocycles. The highest BCUT2D eigenvalue weighted by Crippen LogP contribution is 2.12. The highest BCUT2D eigenvalue weighted by molar-refractivity contribution is 5.95. The molecule has 1 aliphatic rings. The number of rotatable bonds is 2. The molecule has 1 fully saturated rings. The molecule has 0 spiro atoms. The number of pyridine rings is 2. The molecule has 0 aromatic carbocycles. The maximum absolute atomic E-state index is 12.7. The third-order valence-corrected chi connectivity index (χ3v) is 4.57. The Morgan fingerprint density at radius 3 is 2.35 bits per heavy atom. The normalized spacial score (nSPS) is 14.8. The van der Waals surface area contributed by atoms with Crippen molar-refractivity contribution in [3.63, 3.8) is 0 Å². The van der Waals surface area contributed by atoms with E-state index in [9.17, 15) is 14.4 Å². The van der Waals surface area contributed by atoms with Crippen molar-refractivity contribution in [3.8, 4) is 0 Å². The van der Waals surface area contributed by atoms with Gasteiger partial charge in [0.05, 0.1) is 0 Å². The van der Waals surface area contributed by atoms with Crippen LogP contribution in [-0.4, -0.2) is 57.8 Å². The molecule has 2 aromatic rings. The largest absolute Gasteiger partial charge is 0.337 e. The quantitative estimate of drug-likeness (QED) is 0.883.